The van der Waals surface area contributed by atoms with Crippen molar-refractivity contribution in [3.63, 3.8) is 0 Å². The molecule has 0 atom stereocenters. The predicted octanol–water partition coefficient (Wildman–Crippen LogP) is 11.1. The summed E-state index contributed by atoms with van der Waals surface area (Å²) in [6.45, 7) is 14.6. The number of carbonyl (C=O) groups is 1. The number of esters is 1. The van der Waals surface area contributed by atoms with Crippen LogP contribution in [-0.2, 0) is 9.53 Å². The molecule has 0 N–H and O–H groups in total. The Labute approximate surface area is 215 Å². The number of rotatable bonds is 25. The van der Waals surface area contributed by atoms with Crippen LogP contribution in [0.2, 0.25) is 0 Å². The summed E-state index contributed by atoms with van der Waals surface area (Å²) in [6.07, 6.45) is 26.7. The summed E-state index contributed by atoms with van der Waals surface area (Å²) in [6, 6.07) is 0. The SMILES string of the molecule is CCCCCCCCCCCCCCCC(=O)OCCC(C)(CCCC(C)C)CCCC(C)C. The Morgan fingerprint density at radius 2 is 1.03 bits per heavy atom. The molecule has 0 fully saturated rings. The van der Waals surface area contributed by atoms with Crippen molar-refractivity contribution in [2.45, 2.75) is 176 Å². The van der Waals surface area contributed by atoms with Crippen molar-refractivity contribution >= 4 is 5.97 Å². The summed E-state index contributed by atoms with van der Waals surface area (Å²) in [7, 11) is 0. The predicted molar refractivity (Wildman–Crippen MR) is 151 cm³/mol. The molecule has 0 unspecified atom stereocenters. The average Bonchev–Trinajstić information content (AvgIpc) is 2.76. The lowest BCUT2D eigenvalue weighted by Crippen LogP contribution is -2.21. The van der Waals surface area contributed by atoms with Crippen LogP contribution in [0.5, 0.6) is 0 Å². The monoisotopic (exact) mass is 480 g/mol. The molecule has 34 heavy (non-hydrogen) atoms. The molecule has 0 radical (unpaired) electrons. The standard InChI is InChI=1S/C32H64O2/c1-7-8-9-10-11-12-13-14-15-16-17-18-19-24-31(33)34-28-27-32(6,25-20-22-29(2)3)26-21-23-30(4)5/h29-30H,7-28H2,1-6H3. The van der Waals surface area contributed by atoms with Crippen molar-refractivity contribution in [2.75, 3.05) is 6.61 Å². The largest absolute Gasteiger partial charge is 0.466 e. The summed E-state index contributed by atoms with van der Waals surface area (Å²) in [5, 5.41) is 0. The van der Waals surface area contributed by atoms with Crippen LogP contribution < -0.4 is 0 Å². The van der Waals surface area contributed by atoms with E-state index in [2.05, 4.69) is 41.5 Å². The Hall–Kier alpha value is -0.530. The maximum Gasteiger partial charge on any atom is 0.305 e. The molecule has 0 rings (SSSR count). The first kappa shape index (κ1) is 33.5. The van der Waals surface area contributed by atoms with Crippen LogP contribution in [0.1, 0.15) is 176 Å². The quantitative estimate of drug-likeness (QED) is 0.0959. The van der Waals surface area contributed by atoms with Gasteiger partial charge in [0.15, 0.2) is 0 Å². The van der Waals surface area contributed by atoms with E-state index in [-0.39, 0.29) is 5.97 Å². The Morgan fingerprint density at radius 3 is 1.44 bits per heavy atom. The molecule has 0 heterocycles. The van der Waals surface area contributed by atoms with Crippen LogP contribution in [0.25, 0.3) is 0 Å². The van der Waals surface area contributed by atoms with Gasteiger partial charge in [-0.25, -0.2) is 0 Å². The lowest BCUT2D eigenvalue weighted by molar-refractivity contribution is -0.144. The molecule has 204 valence electrons. The molecular weight excluding hydrogens is 416 g/mol. The van der Waals surface area contributed by atoms with Crippen LogP contribution in [0.3, 0.4) is 0 Å². The van der Waals surface area contributed by atoms with Crippen LogP contribution >= 0.6 is 0 Å². The maximum absolute atomic E-state index is 12.2. The van der Waals surface area contributed by atoms with E-state index in [0.29, 0.717) is 18.4 Å². The Kier molecular flexibility index (Phi) is 22.5. The third-order valence-electron chi connectivity index (χ3n) is 7.58. The second kappa shape index (κ2) is 22.9. The lowest BCUT2D eigenvalue weighted by atomic mass is 9.76. The van der Waals surface area contributed by atoms with E-state index in [1.54, 1.807) is 0 Å². The highest BCUT2D eigenvalue weighted by molar-refractivity contribution is 5.69. The minimum Gasteiger partial charge on any atom is -0.466 e. The molecule has 0 amide bonds. The van der Waals surface area contributed by atoms with Gasteiger partial charge in [-0.1, -0.05) is 144 Å². The second-order valence-electron chi connectivity index (χ2n) is 12.3. The molecule has 0 aliphatic heterocycles. The molecule has 0 aliphatic rings. The average molecular weight is 481 g/mol. The second-order valence-corrected chi connectivity index (χ2v) is 12.3. The molecule has 0 bridgehead atoms. The van der Waals surface area contributed by atoms with Crippen molar-refractivity contribution in [2.24, 2.45) is 17.3 Å². The van der Waals surface area contributed by atoms with E-state index in [4.69, 9.17) is 4.74 Å². The van der Waals surface area contributed by atoms with Crippen LogP contribution in [0, 0.1) is 17.3 Å². The molecule has 0 aromatic carbocycles. The van der Waals surface area contributed by atoms with Gasteiger partial charge in [0, 0.05) is 6.42 Å². The maximum atomic E-state index is 12.2. The van der Waals surface area contributed by atoms with Crippen LogP contribution in [0.15, 0.2) is 0 Å². The minimum absolute atomic E-state index is 0.0229. The Bertz CT molecular complexity index is 426. The third kappa shape index (κ3) is 23.2. The highest BCUT2D eigenvalue weighted by atomic mass is 16.5. The first-order valence-corrected chi connectivity index (χ1v) is 15.4. The molecule has 0 saturated heterocycles. The van der Waals surface area contributed by atoms with E-state index in [1.165, 1.54) is 116 Å². The first-order chi connectivity index (χ1) is 16.3. The zero-order valence-corrected chi connectivity index (χ0v) is 24.5. The normalized spacial score (nSPS) is 12.1. The topological polar surface area (TPSA) is 26.3 Å². The summed E-state index contributed by atoms with van der Waals surface area (Å²) in [4.78, 5) is 12.2. The number of hydrogen-bond acceptors (Lipinski definition) is 2. The van der Waals surface area contributed by atoms with Crippen molar-refractivity contribution < 1.29 is 9.53 Å². The summed E-state index contributed by atoms with van der Waals surface area (Å²) >= 11 is 0. The van der Waals surface area contributed by atoms with Gasteiger partial charge in [0.2, 0.25) is 0 Å². The van der Waals surface area contributed by atoms with Gasteiger partial charge in [0.05, 0.1) is 6.61 Å². The number of hydrogen-bond donors (Lipinski definition) is 0. The van der Waals surface area contributed by atoms with E-state index < -0.39 is 0 Å². The van der Waals surface area contributed by atoms with E-state index in [9.17, 15) is 4.79 Å². The molecule has 0 aromatic rings. The zero-order chi connectivity index (χ0) is 25.5. The first-order valence-electron chi connectivity index (χ1n) is 15.4. The van der Waals surface area contributed by atoms with E-state index in [0.717, 1.165) is 24.7 Å². The van der Waals surface area contributed by atoms with E-state index >= 15 is 0 Å². The molecule has 2 nitrogen and oxygen atoms in total. The van der Waals surface area contributed by atoms with Crippen molar-refractivity contribution in [3.8, 4) is 0 Å². The van der Waals surface area contributed by atoms with Gasteiger partial charge in [0.1, 0.15) is 0 Å². The third-order valence-corrected chi connectivity index (χ3v) is 7.58. The Balaban J connectivity index is 3.81. The van der Waals surface area contributed by atoms with Crippen molar-refractivity contribution in [1.29, 1.82) is 0 Å². The number of unbranched alkanes of at least 4 members (excludes halogenated alkanes) is 12. The van der Waals surface area contributed by atoms with Gasteiger partial charge in [-0.05, 0) is 42.9 Å². The smallest absolute Gasteiger partial charge is 0.305 e. The fourth-order valence-corrected chi connectivity index (χ4v) is 5.02. The molecular formula is C32H64O2. The van der Waals surface area contributed by atoms with Gasteiger partial charge in [-0.3, -0.25) is 4.79 Å². The van der Waals surface area contributed by atoms with E-state index in [1.807, 2.05) is 0 Å². The number of ether oxygens (including phenoxy) is 1. The summed E-state index contributed by atoms with van der Waals surface area (Å²) < 4.78 is 5.66. The summed E-state index contributed by atoms with van der Waals surface area (Å²) in [5.74, 6) is 1.57. The van der Waals surface area contributed by atoms with Gasteiger partial charge in [-0.15, -0.1) is 0 Å². The molecule has 0 aromatic heterocycles. The van der Waals surface area contributed by atoms with Gasteiger partial charge < -0.3 is 4.74 Å². The van der Waals surface area contributed by atoms with Crippen LogP contribution in [0.4, 0.5) is 0 Å². The molecule has 2 heteroatoms. The van der Waals surface area contributed by atoms with Gasteiger partial charge >= 0.3 is 5.97 Å². The highest BCUT2D eigenvalue weighted by Gasteiger charge is 2.24. The molecule has 0 spiro atoms. The molecule has 0 aliphatic carbocycles. The van der Waals surface area contributed by atoms with Crippen LogP contribution in [-0.4, -0.2) is 12.6 Å². The van der Waals surface area contributed by atoms with Crippen molar-refractivity contribution in [3.05, 3.63) is 0 Å². The minimum atomic E-state index is 0.0229. The highest BCUT2D eigenvalue weighted by Crippen LogP contribution is 2.35. The number of carbonyl (C=O) groups excluding carboxylic acids is 1. The molecule has 0 saturated carbocycles. The van der Waals surface area contributed by atoms with Gasteiger partial charge in [-0.2, -0.15) is 0 Å². The lowest BCUT2D eigenvalue weighted by Gasteiger charge is -2.30. The fourth-order valence-electron chi connectivity index (χ4n) is 5.02. The zero-order valence-electron chi connectivity index (χ0n) is 24.5. The fraction of sp³-hybridized carbons (Fsp3) is 0.969. The Morgan fingerprint density at radius 1 is 0.618 bits per heavy atom. The summed E-state index contributed by atoms with van der Waals surface area (Å²) in [5.41, 5.74) is 0.319. The van der Waals surface area contributed by atoms with Crippen molar-refractivity contribution in [1.82, 2.24) is 0 Å². The van der Waals surface area contributed by atoms with Gasteiger partial charge in [0.25, 0.3) is 0 Å².